The van der Waals surface area contributed by atoms with Crippen molar-refractivity contribution in [3.05, 3.63) is 23.8 Å². The molecule has 0 aliphatic carbocycles. The predicted octanol–water partition coefficient (Wildman–Crippen LogP) is 1.79. The van der Waals surface area contributed by atoms with E-state index in [1.54, 1.807) is 4.90 Å². The minimum atomic E-state index is 0.0781. The molecule has 1 aliphatic rings. The van der Waals surface area contributed by atoms with Crippen LogP contribution in [0.1, 0.15) is 12.0 Å². The van der Waals surface area contributed by atoms with Crippen molar-refractivity contribution >= 4 is 28.9 Å². The maximum Gasteiger partial charge on any atom is 0.228 e. The van der Waals surface area contributed by atoms with Crippen LogP contribution in [0.4, 0.5) is 11.4 Å². The highest BCUT2D eigenvalue weighted by Gasteiger charge is 2.23. The molecule has 0 saturated carbocycles. The molecule has 1 aliphatic heterocycles. The molecule has 1 heterocycles. The van der Waals surface area contributed by atoms with Gasteiger partial charge in [0, 0.05) is 30.2 Å². The molecule has 0 atom stereocenters. The van der Waals surface area contributed by atoms with Crippen LogP contribution in [0.25, 0.3) is 0 Å². The molecule has 2 N–H and O–H groups in total. The van der Waals surface area contributed by atoms with E-state index in [0.29, 0.717) is 18.0 Å². The molecule has 0 bridgehead atoms. The van der Waals surface area contributed by atoms with Gasteiger partial charge in [0.1, 0.15) is 0 Å². The van der Waals surface area contributed by atoms with Gasteiger partial charge in [-0.2, -0.15) is 0 Å². The van der Waals surface area contributed by atoms with E-state index in [0.717, 1.165) is 18.7 Å². The fourth-order valence-electron chi connectivity index (χ4n) is 1.87. The standard InChI is InChI=1S/C11H13ClN2O/c12-5-3-11(15)14-6-4-8-1-2-9(13)7-10(8)14/h1-2,7H,3-6,13H2. The summed E-state index contributed by atoms with van der Waals surface area (Å²) in [5.74, 6) is 0.446. The second-order valence-electron chi connectivity index (χ2n) is 3.62. The van der Waals surface area contributed by atoms with E-state index >= 15 is 0 Å². The average Bonchev–Trinajstić information content (AvgIpc) is 2.60. The zero-order valence-electron chi connectivity index (χ0n) is 8.37. The molecular weight excluding hydrogens is 212 g/mol. The molecule has 0 radical (unpaired) electrons. The Morgan fingerprint density at radius 1 is 1.53 bits per heavy atom. The van der Waals surface area contributed by atoms with E-state index < -0.39 is 0 Å². The van der Waals surface area contributed by atoms with Gasteiger partial charge in [-0.1, -0.05) is 6.07 Å². The van der Waals surface area contributed by atoms with Gasteiger partial charge in [0.15, 0.2) is 0 Å². The van der Waals surface area contributed by atoms with Crippen LogP contribution in [0.2, 0.25) is 0 Å². The molecule has 0 fully saturated rings. The summed E-state index contributed by atoms with van der Waals surface area (Å²) in [6.45, 7) is 0.745. The lowest BCUT2D eigenvalue weighted by Crippen LogP contribution is -2.28. The highest BCUT2D eigenvalue weighted by Crippen LogP contribution is 2.30. The van der Waals surface area contributed by atoms with Crippen LogP contribution in [-0.2, 0) is 11.2 Å². The van der Waals surface area contributed by atoms with Gasteiger partial charge in [0.2, 0.25) is 5.91 Å². The van der Waals surface area contributed by atoms with E-state index in [9.17, 15) is 4.79 Å². The Bertz CT molecular complexity index is 392. The molecule has 1 amide bonds. The van der Waals surface area contributed by atoms with Crippen molar-refractivity contribution in [3.63, 3.8) is 0 Å². The maximum absolute atomic E-state index is 11.7. The third-order valence-electron chi connectivity index (χ3n) is 2.61. The Hall–Kier alpha value is -1.22. The fourth-order valence-corrected chi connectivity index (χ4v) is 2.03. The quantitative estimate of drug-likeness (QED) is 0.615. The third kappa shape index (κ3) is 1.92. The summed E-state index contributed by atoms with van der Waals surface area (Å²) < 4.78 is 0. The van der Waals surface area contributed by atoms with Gasteiger partial charge in [-0.15, -0.1) is 11.6 Å². The van der Waals surface area contributed by atoms with E-state index in [4.69, 9.17) is 17.3 Å². The molecule has 0 aromatic heterocycles. The molecule has 0 spiro atoms. The van der Waals surface area contributed by atoms with Crippen molar-refractivity contribution in [2.75, 3.05) is 23.1 Å². The number of hydrogen-bond acceptors (Lipinski definition) is 2. The summed E-state index contributed by atoms with van der Waals surface area (Å²) in [5.41, 5.74) is 8.53. The van der Waals surface area contributed by atoms with Crippen molar-refractivity contribution in [1.29, 1.82) is 0 Å². The summed E-state index contributed by atoms with van der Waals surface area (Å²) in [5, 5.41) is 0. The monoisotopic (exact) mass is 224 g/mol. The molecule has 80 valence electrons. The third-order valence-corrected chi connectivity index (χ3v) is 2.80. The Balaban J connectivity index is 2.27. The van der Waals surface area contributed by atoms with Crippen LogP contribution < -0.4 is 10.6 Å². The average molecular weight is 225 g/mol. The summed E-state index contributed by atoms with van der Waals surface area (Å²) in [4.78, 5) is 13.5. The molecule has 2 rings (SSSR count). The van der Waals surface area contributed by atoms with Crippen LogP contribution in [-0.4, -0.2) is 18.3 Å². The summed E-state index contributed by atoms with van der Waals surface area (Å²) in [6.07, 6.45) is 1.29. The zero-order chi connectivity index (χ0) is 10.8. The van der Waals surface area contributed by atoms with Gasteiger partial charge < -0.3 is 10.6 Å². The van der Waals surface area contributed by atoms with Gasteiger partial charge in [-0.05, 0) is 24.1 Å². The fraction of sp³-hybridized carbons (Fsp3) is 0.364. The first-order valence-corrected chi connectivity index (χ1v) is 5.50. The van der Waals surface area contributed by atoms with Gasteiger partial charge >= 0.3 is 0 Å². The number of fused-ring (bicyclic) bond motifs is 1. The van der Waals surface area contributed by atoms with E-state index in [-0.39, 0.29) is 5.91 Å². The summed E-state index contributed by atoms with van der Waals surface area (Å²) in [6, 6.07) is 5.71. The Labute approximate surface area is 93.8 Å². The maximum atomic E-state index is 11.7. The first-order chi connectivity index (χ1) is 7.22. The van der Waals surface area contributed by atoms with E-state index in [2.05, 4.69) is 0 Å². The van der Waals surface area contributed by atoms with Crippen LogP contribution in [0, 0.1) is 0 Å². The molecule has 0 saturated heterocycles. The Kier molecular flexibility index (Phi) is 2.82. The lowest BCUT2D eigenvalue weighted by Gasteiger charge is -2.16. The molecule has 3 nitrogen and oxygen atoms in total. The summed E-state index contributed by atoms with van der Waals surface area (Å²) in [7, 11) is 0. The first kappa shape index (κ1) is 10.3. The smallest absolute Gasteiger partial charge is 0.228 e. The second kappa shape index (κ2) is 4.11. The normalized spacial score (nSPS) is 14.1. The number of alkyl halides is 1. The number of nitrogen functional groups attached to an aromatic ring is 1. The highest BCUT2D eigenvalue weighted by atomic mass is 35.5. The zero-order valence-corrected chi connectivity index (χ0v) is 9.13. The van der Waals surface area contributed by atoms with Crippen LogP contribution in [0.15, 0.2) is 18.2 Å². The Morgan fingerprint density at radius 2 is 2.33 bits per heavy atom. The molecule has 0 unspecified atom stereocenters. The Morgan fingerprint density at radius 3 is 3.07 bits per heavy atom. The minimum absolute atomic E-state index is 0.0781. The minimum Gasteiger partial charge on any atom is -0.399 e. The van der Waals surface area contributed by atoms with Crippen molar-refractivity contribution in [2.45, 2.75) is 12.8 Å². The van der Waals surface area contributed by atoms with Crippen molar-refractivity contribution in [3.8, 4) is 0 Å². The van der Waals surface area contributed by atoms with Crippen molar-refractivity contribution in [2.24, 2.45) is 0 Å². The number of benzene rings is 1. The number of halogens is 1. The molecule has 1 aromatic rings. The van der Waals surface area contributed by atoms with Crippen molar-refractivity contribution in [1.82, 2.24) is 0 Å². The number of carbonyl (C=O) groups is 1. The number of hydrogen-bond donors (Lipinski definition) is 1. The number of amides is 1. The lowest BCUT2D eigenvalue weighted by molar-refractivity contribution is -0.118. The van der Waals surface area contributed by atoms with Crippen LogP contribution in [0.5, 0.6) is 0 Å². The molecule has 15 heavy (non-hydrogen) atoms. The molecule has 4 heteroatoms. The van der Waals surface area contributed by atoms with Crippen LogP contribution >= 0.6 is 11.6 Å². The second-order valence-corrected chi connectivity index (χ2v) is 4.00. The van der Waals surface area contributed by atoms with Gasteiger partial charge in [0.05, 0.1) is 0 Å². The lowest BCUT2D eigenvalue weighted by atomic mass is 10.1. The number of carbonyl (C=O) groups excluding carboxylic acids is 1. The largest absolute Gasteiger partial charge is 0.399 e. The number of nitrogens with zero attached hydrogens (tertiary/aromatic N) is 1. The summed E-state index contributed by atoms with van der Waals surface area (Å²) >= 11 is 5.56. The van der Waals surface area contributed by atoms with E-state index in [1.807, 2.05) is 18.2 Å². The predicted molar refractivity (Wildman–Crippen MR) is 62.2 cm³/mol. The van der Waals surface area contributed by atoms with E-state index in [1.165, 1.54) is 5.56 Å². The SMILES string of the molecule is Nc1ccc2c(c1)N(C(=O)CCCl)CC2. The van der Waals surface area contributed by atoms with Gasteiger partial charge in [-0.3, -0.25) is 4.79 Å². The molecule has 1 aromatic carbocycles. The topological polar surface area (TPSA) is 46.3 Å². The first-order valence-electron chi connectivity index (χ1n) is 4.97. The number of rotatable bonds is 2. The number of nitrogens with two attached hydrogens (primary N) is 1. The van der Waals surface area contributed by atoms with Gasteiger partial charge in [-0.25, -0.2) is 0 Å². The molecular formula is C11H13ClN2O. The van der Waals surface area contributed by atoms with Gasteiger partial charge in [0.25, 0.3) is 0 Å². The van der Waals surface area contributed by atoms with Crippen molar-refractivity contribution < 1.29 is 4.79 Å². The number of anilines is 2. The highest BCUT2D eigenvalue weighted by molar-refractivity contribution is 6.19. The van der Waals surface area contributed by atoms with Crippen LogP contribution in [0.3, 0.4) is 0 Å².